The van der Waals surface area contributed by atoms with Gasteiger partial charge in [-0.05, 0) is 59.7 Å². The van der Waals surface area contributed by atoms with Crippen LogP contribution in [0.5, 0.6) is 17.2 Å². The molecule has 2 rings (SSSR count). The normalized spacial score (nSPS) is 13.9. The lowest BCUT2D eigenvalue weighted by atomic mass is 9.80. The van der Waals surface area contributed by atoms with Crippen molar-refractivity contribution in [2.75, 3.05) is 27.4 Å². The molecule has 0 amide bonds. The minimum atomic E-state index is -5.48. The van der Waals surface area contributed by atoms with Crippen LogP contribution in [0.25, 0.3) is 11.6 Å². The summed E-state index contributed by atoms with van der Waals surface area (Å²) in [4.78, 5) is 24.2. The molecule has 52 heavy (non-hydrogen) atoms. The molecule has 0 radical (unpaired) electrons. The molecular weight excluding hydrogens is 719 g/mol. The number of aldehydes is 1. The Bertz CT molecular complexity index is 1530. The molecule has 0 aliphatic rings. The van der Waals surface area contributed by atoms with Crippen LogP contribution in [0.3, 0.4) is 0 Å². The molecule has 0 saturated heterocycles. The van der Waals surface area contributed by atoms with Crippen molar-refractivity contribution in [2.24, 2.45) is 17.3 Å². The van der Waals surface area contributed by atoms with Crippen LogP contribution in [0, 0.1) is 17.3 Å². The van der Waals surface area contributed by atoms with Crippen LogP contribution in [0.1, 0.15) is 70.6 Å². The molecular formula is C35H41F9O8. The van der Waals surface area contributed by atoms with E-state index in [1.165, 1.54) is 19.2 Å². The number of hydrogen-bond donors (Lipinski definition) is 0. The first-order chi connectivity index (χ1) is 23.8. The first-order valence-electron chi connectivity index (χ1n) is 15.8. The minimum Gasteiger partial charge on any atom is -0.497 e. The van der Waals surface area contributed by atoms with Crippen LogP contribution in [0.2, 0.25) is 0 Å². The predicted molar refractivity (Wildman–Crippen MR) is 170 cm³/mol. The number of esters is 1. The number of methoxy groups -OCH3 is 2. The number of hydrogen-bond acceptors (Lipinski definition) is 8. The van der Waals surface area contributed by atoms with Crippen molar-refractivity contribution in [3.05, 3.63) is 53.1 Å². The van der Waals surface area contributed by atoms with Crippen molar-refractivity contribution in [1.29, 1.82) is 0 Å². The summed E-state index contributed by atoms with van der Waals surface area (Å²) in [7, 11) is 2.33. The molecule has 8 nitrogen and oxygen atoms in total. The summed E-state index contributed by atoms with van der Waals surface area (Å²) in [5.74, 6) is -2.05. The molecule has 2 aromatic carbocycles. The van der Waals surface area contributed by atoms with E-state index in [9.17, 15) is 49.1 Å². The Labute approximate surface area is 295 Å². The molecule has 1 unspecified atom stereocenters. The second kappa shape index (κ2) is 17.7. The Morgan fingerprint density at radius 2 is 1.37 bits per heavy atom. The zero-order valence-corrected chi connectivity index (χ0v) is 29.5. The molecule has 0 heterocycles. The van der Waals surface area contributed by atoms with Gasteiger partial charge in [0.2, 0.25) is 0 Å². The van der Waals surface area contributed by atoms with Crippen LogP contribution in [-0.2, 0) is 30.0 Å². The van der Waals surface area contributed by atoms with Crippen LogP contribution >= 0.6 is 0 Å². The number of alkyl halides is 9. The van der Waals surface area contributed by atoms with Gasteiger partial charge < -0.3 is 18.9 Å². The lowest BCUT2D eigenvalue weighted by Gasteiger charge is -2.28. The summed E-state index contributed by atoms with van der Waals surface area (Å²) in [6, 6.07) is 6.47. The van der Waals surface area contributed by atoms with E-state index in [1.54, 1.807) is 13.8 Å². The summed E-state index contributed by atoms with van der Waals surface area (Å²) >= 11 is 0. The third-order valence-corrected chi connectivity index (χ3v) is 7.26. The summed E-state index contributed by atoms with van der Waals surface area (Å²) in [6.45, 7) is 6.98. The third kappa shape index (κ3) is 14.2. The molecule has 0 aliphatic heterocycles. The summed E-state index contributed by atoms with van der Waals surface area (Å²) in [5, 5.41) is 0. The molecule has 0 bridgehead atoms. The highest BCUT2D eigenvalue weighted by atomic mass is 19.4. The molecule has 292 valence electrons. The maximum absolute atomic E-state index is 14.2. The summed E-state index contributed by atoms with van der Waals surface area (Å²) in [6.07, 6.45) is -21.3. The zero-order valence-electron chi connectivity index (χ0n) is 29.5. The summed E-state index contributed by atoms with van der Waals surface area (Å²) in [5.41, 5.74) is -2.25. The number of carbonyl (C=O) groups excluding carboxylic acids is 2. The van der Waals surface area contributed by atoms with Gasteiger partial charge in [0.15, 0.2) is 6.29 Å². The van der Waals surface area contributed by atoms with E-state index in [0.717, 1.165) is 31.4 Å². The molecule has 0 spiro atoms. The van der Waals surface area contributed by atoms with E-state index in [1.807, 2.05) is 20.8 Å². The smallest absolute Gasteiger partial charge is 0.494 e. The lowest BCUT2D eigenvalue weighted by molar-refractivity contribution is -0.514. The van der Waals surface area contributed by atoms with Gasteiger partial charge in [0, 0.05) is 17.2 Å². The SMILES string of the molecule is COc1ccc(/C(C=O)=C/c2ccc(OCCC(F)(F)OC(F)(F)OC(F)(F)CCOC(=O)C(CC(C)(C)C)C(C)C)cc2OC)c(C(F)(F)F)c1. The molecule has 0 aliphatic carbocycles. The molecule has 0 saturated carbocycles. The van der Waals surface area contributed by atoms with E-state index in [4.69, 9.17) is 18.9 Å². The van der Waals surface area contributed by atoms with Crippen molar-refractivity contribution in [1.82, 2.24) is 0 Å². The second-order valence-corrected chi connectivity index (χ2v) is 13.1. The number of benzene rings is 2. The second-order valence-electron chi connectivity index (χ2n) is 13.1. The molecule has 2 aromatic rings. The fraction of sp³-hybridized carbons (Fsp3) is 0.543. The van der Waals surface area contributed by atoms with Gasteiger partial charge in [-0.2, -0.15) is 30.7 Å². The molecule has 17 heteroatoms. The lowest BCUT2D eigenvalue weighted by Crippen LogP contribution is -2.41. The Hall–Kier alpha value is -3.99. The molecule has 0 fully saturated rings. The average molecular weight is 761 g/mol. The van der Waals surface area contributed by atoms with Gasteiger partial charge >= 0.3 is 30.7 Å². The van der Waals surface area contributed by atoms with Gasteiger partial charge in [0.25, 0.3) is 0 Å². The minimum absolute atomic E-state index is 0.0756. The van der Waals surface area contributed by atoms with Crippen LogP contribution < -0.4 is 14.2 Å². The highest BCUT2D eigenvalue weighted by Crippen LogP contribution is 2.39. The monoisotopic (exact) mass is 760 g/mol. The van der Waals surface area contributed by atoms with E-state index in [0.29, 0.717) is 12.5 Å². The first kappa shape index (κ1) is 44.2. The number of allylic oxidation sites excluding steroid dienone is 1. The van der Waals surface area contributed by atoms with E-state index in [-0.39, 0.29) is 40.4 Å². The third-order valence-electron chi connectivity index (χ3n) is 7.26. The van der Waals surface area contributed by atoms with Gasteiger partial charge in [-0.15, -0.1) is 8.78 Å². The van der Waals surface area contributed by atoms with Crippen LogP contribution in [0.4, 0.5) is 39.5 Å². The topological polar surface area (TPSA) is 89.5 Å². The van der Waals surface area contributed by atoms with Crippen LogP contribution in [-0.4, -0.2) is 58.2 Å². The van der Waals surface area contributed by atoms with Gasteiger partial charge in [-0.1, -0.05) is 34.6 Å². The number of carbonyl (C=O) groups is 2. The maximum Gasteiger partial charge on any atom is 0.494 e. The van der Waals surface area contributed by atoms with Crippen molar-refractivity contribution in [2.45, 2.75) is 78.6 Å². The van der Waals surface area contributed by atoms with Crippen molar-refractivity contribution >= 4 is 23.9 Å². The largest absolute Gasteiger partial charge is 0.497 e. The van der Waals surface area contributed by atoms with E-state index < -0.39 is 79.3 Å². The average Bonchev–Trinajstić information content (AvgIpc) is 3.00. The number of ether oxygens (including phenoxy) is 6. The molecule has 1 atom stereocenters. The quantitative estimate of drug-likeness (QED) is 0.0350. The number of rotatable bonds is 19. The standard InChI is InChI=1S/C35H41F9O8/c1-21(2)27(19-31(3,4)5)30(46)50-15-13-33(38,39)52-35(43,44)51-32(36,37)12-14-49-25-9-8-22(29(18-25)48-7)16-23(20-45)26-11-10-24(47-6)17-28(26)34(40,41)42/h8-11,16-18,20-21,27H,12-15,19H2,1-7H3/b23-16+. The van der Waals surface area contributed by atoms with Crippen molar-refractivity contribution in [3.8, 4) is 17.2 Å². The molecule has 0 N–H and O–H groups in total. The van der Waals surface area contributed by atoms with Gasteiger partial charge in [0.05, 0.1) is 51.8 Å². The Morgan fingerprint density at radius 3 is 1.87 bits per heavy atom. The van der Waals surface area contributed by atoms with Gasteiger partial charge in [-0.3, -0.25) is 9.59 Å². The Morgan fingerprint density at radius 1 is 0.788 bits per heavy atom. The van der Waals surface area contributed by atoms with Gasteiger partial charge in [-0.25, -0.2) is 9.47 Å². The van der Waals surface area contributed by atoms with Gasteiger partial charge in [0.1, 0.15) is 17.2 Å². The Balaban J connectivity index is 2.04. The predicted octanol–water partition coefficient (Wildman–Crippen LogP) is 9.64. The summed E-state index contributed by atoms with van der Waals surface area (Å²) < 4.78 is 152. The Kier molecular flexibility index (Phi) is 15.0. The first-order valence-corrected chi connectivity index (χ1v) is 15.8. The van der Waals surface area contributed by atoms with E-state index in [2.05, 4.69) is 9.47 Å². The maximum atomic E-state index is 14.2. The molecule has 0 aromatic heterocycles. The van der Waals surface area contributed by atoms with Crippen molar-refractivity contribution < 1.29 is 77.5 Å². The number of halogens is 9. The fourth-order valence-electron chi connectivity index (χ4n) is 4.77. The van der Waals surface area contributed by atoms with Crippen molar-refractivity contribution in [3.63, 3.8) is 0 Å². The highest BCUT2D eigenvalue weighted by Gasteiger charge is 2.52. The van der Waals surface area contributed by atoms with Crippen LogP contribution in [0.15, 0.2) is 36.4 Å². The zero-order chi connectivity index (χ0) is 39.7. The fourth-order valence-corrected chi connectivity index (χ4v) is 4.77. The van der Waals surface area contributed by atoms with E-state index >= 15 is 0 Å². The highest BCUT2D eigenvalue weighted by molar-refractivity contribution is 6.14.